The Morgan fingerprint density at radius 2 is 1.96 bits per heavy atom. The van der Waals surface area contributed by atoms with Gasteiger partial charge in [0.15, 0.2) is 0 Å². The van der Waals surface area contributed by atoms with Gasteiger partial charge in [-0.3, -0.25) is 19.2 Å². The van der Waals surface area contributed by atoms with Gasteiger partial charge in [-0.05, 0) is 24.6 Å². The fourth-order valence-corrected chi connectivity index (χ4v) is 3.32. The summed E-state index contributed by atoms with van der Waals surface area (Å²) in [6.07, 6.45) is 1.56. The first-order valence-corrected chi connectivity index (χ1v) is 8.54. The van der Waals surface area contributed by atoms with Gasteiger partial charge in [-0.2, -0.15) is 0 Å². The molecule has 0 amide bonds. The minimum absolute atomic E-state index is 0.140. The van der Waals surface area contributed by atoms with Crippen LogP contribution in [0, 0.1) is 0 Å². The summed E-state index contributed by atoms with van der Waals surface area (Å²) in [7, 11) is 0. The van der Waals surface area contributed by atoms with E-state index in [1.165, 1.54) is 10.1 Å². The lowest BCUT2D eigenvalue weighted by molar-refractivity contribution is 0.206. The zero-order valence-corrected chi connectivity index (χ0v) is 14.4. The van der Waals surface area contributed by atoms with Gasteiger partial charge in [-0.15, -0.1) is 0 Å². The Labute approximate surface area is 149 Å². The number of benzene rings is 1. The van der Waals surface area contributed by atoms with Crippen molar-refractivity contribution in [1.29, 1.82) is 0 Å². The van der Waals surface area contributed by atoms with Crippen LogP contribution < -0.4 is 16.6 Å². The van der Waals surface area contributed by atoms with Crippen molar-refractivity contribution >= 4 is 5.82 Å². The number of hydrogen-bond acceptors (Lipinski definition) is 5. The van der Waals surface area contributed by atoms with E-state index in [0.29, 0.717) is 30.4 Å². The molecule has 1 aromatic carbocycles. The second-order valence-electron chi connectivity index (χ2n) is 6.42. The predicted octanol–water partition coefficient (Wildman–Crippen LogP) is 2.12. The van der Waals surface area contributed by atoms with E-state index in [4.69, 9.17) is 4.42 Å². The van der Waals surface area contributed by atoms with Gasteiger partial charge in [0.25, 0.3) is 5.56 Å². The number of rotatable bonds is 4. The lowest BCUT2D eigenvalue weighted by Gasteiger charge is -2.35. The van der Waals surface area contributed by atoms with Gasteiger partial charge in [-0.25, -0.2) is 4.79 Å². The molecule has 0 bridgehead atoms. The summed E-state index contributed by atoms with van der Waals surface area (Å²) in [5.41, 5.74) is 0.948. The molecule has 0 saturated carbocycles. The van der Waals surface area contributed by atoms with E-state index in [9.17, 15) is 9.59 Å². The van der Waals surface area contributed by atoms with E-state index < -0.39 is 5.69 Å². The first-order chi connectivity index (χ1) is 12.6. The summed E-state index contributed by atoms with van der Waals surface area (Å²) < 4.78 is 6.85. The minimum atomic E-state index is -0.442. The van der Waals surface area contributed by atoms with Crippen molar-refractivity contribution < 1.29 is 4.42 Å². The molecule has 134 valence electrons. The Hall–Kier alpha value is -3.06. The molecule has 2 aromatic heterocycles. The number of hydrogen-bond donors (Lipinski definition) is 2. The second-order valence-corrected chi connectivity index (χ2v) is 6.42. The molecule has 0 fully saturated rings. The van der Waals surface area contributed by atoms with Gasteiger partial charge in [0.2, 0.25) is 0 Å². The van der Waals surface area contributed by atoms with Crippen LogP contribution in [0.5, 0.6) is 0 Å². The molecule has 7 nitrogen and oxygen atoms in total. The first kappa shape index (κ1) is 16.4. The molecule has 2 N–H and O–H groups in total. The van der Waals surface area contributed by atoms with Gasteiger partial charge in [-0.1, -0.05) is 30.3 Å². The van der Waals surface area contributed by atoms with Crippen molar-refractivity contribution in [3.05, 3.63) is 86.5 Å². The van der Waals surface area contributed by atoms with Gasteiger partial charge < -0.3 is 9.73 Å². The Morgan fingerprint density at radius 3 is 2.69 bits per heavy atom. The molecule has 0 radical (unpaired) electrons. The van der Waals surface area contributed by atoms with E-state index in [-0.39, 0.29) is 18.1 Å². The number of furan rings is 1. The van der Waals surface area contributed by atoms with Crippen molar-refractivity contribution in [3.63, 3.8) is 0 Å². The van der Waals surface area contributed by atoms with E-state index in [0.717, 1.165) is 0 Å². The smallest absolute Gasteiger partial charge is 0.330 e. The molecular weight excluding hydrogens is 332 g/mol. The van der Waals surface area contributed by atoms with Crippen LogP contribution in [0.15, 0.2) is 62.7 Å². The van der Waals surface area contributed by atoms with Gasteiger partial charge in [0.05, 0.1) is 25.0 Å². The largest absolute Gasteiger partial charge is 0.467 e. The summed E-state index contributed by atoms with van der Waals surface area (Å²) >= 11 is 0. The fourth-order valence-electron chi connectivity index (χ4n) is 3.32. The maximum absolute atomic E-state index is 12.4. The van der Waals surface area contributed by atoms with Crippen LogP contribution in [0.3, 0.4) is 0 Å². The Balaban J connectivity index is 1.67. The lowest BCUT2D eigenvalue weighted by Crippen LogP contribution is -2.44. The second kappa shape index (κ2) is 6.68. The van der Waals surface area contributed by atoms with Crippen LogP contribution in [0.2, 0.25) is 0 Å². The number of H-pyrrole nitrogens is 1. The molecular formula is C19H20N4O3. The lowest BCUT2D eigenvalue weighted by atomic mass is 10.1. The zero-order chi connectivity index (χ0) is 18.1. The van der Waals surface area contributed by atoms with Crippen LogP contribution in [-0.4, -0.2) is 21.1 Å². The monoisotopic (exact) mass is 352 g/mol. The summed E-state index contributed by atoms with van der Waals surface area (Å²) in [5.74, 6) is 1.22. The van der Waals surface area contributed by atoms with Crippen molar-refractivity contribution in [3.8, 4) is 0 Å². The summed E-state index contributed by atoms with van der Waals surface area (Å²) in [6.45, 7) is 3.39. The highest BCUT2D eigenvalue weighted by Gasteiger charge is 2.26. The molecule has 3 aromatic rings. The molecule has 1 aliphatic heterocycles. The van der Waals surface area contributed by atoms with Crippen molar-refractivity contribution in [2.45, 2.75) is 26.1 Å². The number of aromatic nitrogens is 2. The summed E-state index contributed by atoms with van der Waals surface area (Å²) in [5, 5.41) is 3.25. The predicted molar refractivity (Wildman–Crippen MR) is 98.0 cm³/mol. The topological polar surface area (TPSA) is 83.3 Å². The van der Waals surface area contributed by atoms with Crippen LogP contribution >= 0.6 is 0 Å². The Kier molecular flexibility index (Phi) is 4.22. The maximum Gasteiger partial charge on any atom is 0.330 e. The normalized spacial score (nSPS) is 15.3. The van der Waals surface area contributed by atoms with Crippen LogP contribution in [0.25, 0.3) is 0 Å². The Bertz CT molecular complexity index is 1010. The van der Waals surface area contributed by atoms with Gasteiger partial charge in [0.1, 0.15) is 11.6 Å². The molecule has 0 spiro atoms. The van der Waals surface area contributed by atoms with E-state index >= 15 is 0 Å². The number of nitrogens with one attached hydrogen (secondary N) is 2. The Morgan fingerprint density at radius 1 is 1.15 bits per heavy atom. The number of aromatic amines is 1. The van der Waals surface area contributed by atoms with E-state index in [1.807, 2.05) is 18.2 Å². The first-order valence-electron chi connectivity index (χ1n) is 8.54. The SMILES string of the molecule is C[C@H](c1ccccc1)N1CNc2c(c(=O)[nH]c(=O)n2Cc2ccco2)C1. The van der Waals surface area contributed by atoms with Crippen LogP contribution in [-0.2, 0) is 13.1 Å². The molecule has 7 heteroatoms. The molecule has 4 rings (SSSR count). The molecule has 1 aliphatic rings. The third-order valence-corrected chi connectivity index (χ3v) is 4.83. The van der Waals surface area contributed by atoms with Crippen molar-refractivity contribution in [2.75, 3.05) is 12.0 Å². The molecule has 1 atom stereocenters. The highest BCUT2D eigenvalue weighted by atomic mass is 16.3. The van der Waals surface area contributed by atoms with E-state index in [2.05, 4.69) is 34.3 Å². The summed E-state index contributed by atoms with van der Waals surface area (Å²) in [4.78, 5) is 29.3. The standard InChI is InChI=1S/C19H20N4O3/c1-13(14-6-3-2-4-7-14)22-11-16-17(20-12-22)23(19(25)21-18(16)24)10-15-8-5-9-26-15/h2-9,13,20H,10-12H2,1H3,(H,21,24,25)/t13-/m1/s1. The molecule has 0 unspecified atom stereocenters. The number of nitrogens with zero attached hydrogens (tertiary/aromatic N) is 2. The third-order valence-electron chi connectivity index (χ3n) is 4.83. The van der Waals surface area contributed by atoms with Gasteiger partial charge in [0, 0.05) is 12.6 Å². The zero-order valence-electron chi connectivity index (χ0n) is 14.4. The van der Waals surface area contributed by atoms with Crippen molar-refractivity contribution in [1.82, 2.24) is 14.5 Å². The van der Waals surface area contributed by atoms with Crippen LogP contribution in [0.4, 0.5) is 5.82 Å². The minimum Gasteiger partial charge on any atom is -0.467 e. The van der Waals surface area contributed by atoms with E-state index in [1.54, 1.807) is 18.4 Å². The molecule has 0 aliphatic carbocycles. The third kappa shape index (κ3) is 2.97. The highest BCUT2D eigenvalue weighted by Crippen LogP contribution is 2.26. The average molecular weight is 352 g/mol. The fraction of sp³-hybridized carbons (Fsp3) is 0.263. The molecule has 0 saturated heterocycles. The quantitative estimate of drug-likeness (QED) is 0.751. The average Bonchev–Trinajstić information content (AvgIpc) is 3.18. The molecule has 26 heavy (non-hydrogen) atoms. The highest BCUT2D eigenvalue weighted by molar-refractivity contribution is 5.46. The van der Waals surface area contributed by atoms with Crippen LogP contribution in [0.1, 0.15) is 29.9 Å². The van der Waals surface area contributed by atoms with Gasteiger partial charge >= 0.3 is 5.69 Å². The number of anilines is 1. The molecule has 3 heterocycles. The maximum atomic E-state index is 12.4. The van der Waals surface area contributed by atoms with Crippen molar-refractivity contribution in [2.24, 2.45) is 0 Å². The number of fused-ring (bicyclic) bond motifs is 1. The summed E-state index contributed by atoms with van der Waals surface area (Å²) in [6, 6.07) is 13.9.